The third-order valence-corrected chi connectivity index (χ3v) is 5.97. The summed E-state index contributed by atoms with van der Waals surface area (Å²) in [5.41, 5.74) is 1.55. The molecule has 0 N–H and O–H groups in total. The van der Waals surface area contributed by atoms with Crippen LogP contribution in [0.25, 0.3) is 0 Å². The lowest BCUT2D eigenvalue weighted by atomic mass is 10.1. The highest BCUT2D eigenvalue weighted by Gasteiger charge is 2.29. The second-order valence-electron chi connectivity index (χ2n) is 6.81. The van der Waals surface area contributed by atoms with Crippen LogP contribution < -0.4 is 9.08 Å². The van der Waals surface area contributed by atoms with E-state index in [-0.39, 0.29) is 10.9 Å². The minimum absolute atomic E-state index is 0.0396. The lowest BCUT2D eigenvalue weighted by molar-refractivity contribution is 0.220. The quantitative estimate of drug-likeness (QED) is 0.625. The van der Waals surface area contributed by atoms with Gasteiger partial charge in [-0.3, -0.25) is 4.90 Å². The fraction of sp³-hybridized carbons (Fsp3) is 0.381. The largest absolute Gasteiger partial charge is 0.379 e. The highest BCUT2D eigenvalue weighted by Crippen LogP contribution is 2.26. The van der Waals surface area contributed by atoms with Crippen molar-refractivity contribution in [3.8, 4) is 5.75 Å². The molecule has 0 spiro atoms. The molecule has 0 bridgehead atoms. The summed E-state index contributed by atoms with van der Waals surface area (Å²) in [6.45, 7) is 6.09. The van der Waals surface area contributed by atoms with E-state index in [2.05, 4.69) is 0 Å². The number of carbonyl (C=O) groups is 1. The van der Waals surface area contributed by atoms with Gasteiger partial charge in [-0.2, -0.15) is 8.42 Å². The van der Waals surface area contributed by atoms with Crippen LogP contribution in [0.1, 0.15) is 32.3 Å². The summed E-state index contributed by atoms with van der Waals surface area (Å²) in [6, 6.07) is 13.4. The van der Waals surface area contributed by atoms with Gasteiger partial charge in [-0.05, 0) is 48.7 Å². The number of anilines is 1. The first-order valence-corrected chi connectivity index (χ1v) is 11.1. The van der Waals surface area contributed by atoms with Crippen molar-refractivity contribution < 1.29 is 17.4 Å². The number of benzene rings is 2. The maximum atomic E-state index is 12.7. The summed E-state index contributed by atoms with van der Waals surface area (Å²) >= 11 is 0. The lowest BCUT2D eigenvalue weighted by Crippen LogP contribution is -2.32. The number of carbonyl (C=O) groups excluding carboxylic acids is 1. The summed E-state index contributed by atoms with van der Waals surface area (Å²) in [4.78, 5) is 16.0. The molecule has 0 radical (unpaired) electrons. The molecule has 0 aliphatic carbocycles. The van der Waals surface area contributed by atoms with Gasteiger partial charge < -0.3 is 9.08 Å². The SMILES string of the molecule is CCCc1ccccc1OS(=O)(=O)c1ccc(N2CCN(CCC)C2=O)cc1. The molecular weight excluding hydrogens is 376 g/mol. The fourth-order valence-electron chi connectivity index (χ4n) is 3.32. The molecule has 150 valence electrons. The molecule has 1 aliphatic heterocycles. The van der Waals surface area contributed by atoms with Crippen molar-refractivity contribution in [1.82, 2.24) is 4.90 Å². The van der Waals surface area contributed by atoms with Crippen LogP contribution in [0.2, 0.25) is 0 Å². The Hall–Kier alpha value is -2.54. The van der Waals surface area contributed by atoms with Crippen LogP contribution in [0, 0.1) is 0 Å². The van der Waals surface area contributed by atoms with Crippen LogP contribution >= 0.6 is 0 Å². The predicted octanol–water partition coefficient (Wildman–Crippen LogP) is 4.06. The van der Waals surface area contributed by atoms with Crippen LogP contribution in [0.3, 0.4) is 0 Å². The van der Waals surface area contributed by atoms with E-state index in [0.29, 0.717) is 24.5 Å². The van der Waals surface area contributed by atoms with E-state index in [0.717, 1.165) is 31.4 Å². The minimum Gasteiger partial charge on any atom is -0.379 e. The number of nitrogens with zero attached hydrogens (tertiary/aromatic N) is 2. The average Bonchev–Trinajstić information content (AvgIpc) is 3.04. The third-order valence-electron chi connectivity index (χ3n) is 4.72. The van der Waals surface area contributed by atoms with E-state index in [1.54, 1.807) is 34.1 Å². The number of hydrogen-bond acceptors (Lipinski definition) is 4. The van der Waals surface area contributed by atoms with Crippen LogP contribution in [0.4, 0.5) is 10.5 Å². The molecule has 2 aromatic carbocycles. The van der Waals surface area contributed by atoms with Gasteiger partial charge in [-0.25, -0.2) is 4.79 Å². The topological polar surface area (TPSA) is 66.9 Å². The lowest BCUT2D eigenvalue weighted by Gasteiger charge is -2.18. The number of rotatable bonds is 8. The molecule has 0 saturated carbocycles. The summed E-state index contributed by atoms with van der Waals surface area (Å²) < 4.78 is 30.8. The Morgan fingerprint density at radius 1 is 0.964 bits per heavy atom. The van der Waals surface area contributed by atoms with Crippen molar-refractivity contribution in [2.75, 3.05) is 24.5 Å². The monoisotopic (exact) mass is 402 g/mol. The minimum atomic E-state index is -3.94. The van der Waals surface area contributed by atoms with Crippen molar-refractivity contribution >= 4 is 21.8 Å². The van der Waals surface area contributed by atoms with Crippen molar-refractivity contribution in [1.29, 1.82) is 0 Å². The van der Waals surface area contributed by atoms with E-state index in [9.17, 15) is 13.2 Å². The van der Waals surface area contributed by atoms with Crippen LogP contribution in [0.5, 0.6) is 5.75 Å². The first-order valence-electron chi connectivity index (χ1n) is 9.65. The molecule has 1 heterocycles. The number of amides is 2. The first-order chi connectivity index (χ1) is 13.5. The number of aryl methyl sites for hydroxylation is 1. The van der Waals surface area contributed by atoms with Crippen LogP contribution in [-0.4, -0.2) is 39.0 Å². The van der Waals surface area contributed by atoms with Gasteiger partial charge in [0.2, 0.25) is 0 Å². The molecule has 0 unspecified atom stereocenters. The molecule has 7 heteroatoms. The van der Waals surface area contributed by atoms with Crippen LogP contribution in [-0.2, 0) is 16.5 Å². The second kappa shape index (κ2) is 8.65. The van der Waals surface area contributed by atoms with Crippen LogP contribution in [0.15, 0.2) is 53.4 Å². The van der Waals surface area contributed by atoms with Gasteiger partial charge in [0.1, 0.15) is 10.6 Å². The molecule has 1 fully saturated rings. The standard InChI is InChI=1S/C21H26N2O4S/c1-3-7-17-8-5-6-9-20(17)27-28(25,26)19-12-10-18(11-13-19)23-16-15-22(14-4-2)21(23)24/h5-6,8-13H,3-4,7,14-16H2,1-2H3. The van der Waals surface area contributed by atoms with E-state index in [1.807, 2.05) is 26.0 Å². The molecule has 2 amide bonds. The van der Waals surface area contributed by atoms with Crippen molar-refractivity contribution in [3.63, 3.8) is 0 Å². The summed E-state index contributed by atoms with van der Waals surface area (Å²) in [7, 11) is -3.94. The van der Waals surface area contributed by atoms with Crippen molar-refractivity contribution in [2.24, 2.45) is 0 Å². The number of hydrogen-bond donors (Lipinski definition) is 0. The Kier molecular flexibility index (Phi) is 6.24. The van der Waals surface area contributed by atoms with Gasteiger partial charge in [-0.15, -0.1) is 0 Å². The van der Waals surface area contributed by atoms with Gasteiger partial charge in [0.25, 0.3) is 0 Å². The fourth-order valence-corrected chi connectivity index (χ4v) is 4.28. The van der Waals surface area contributed by atoms with E-state index >= 15 is 0 Å². The molecule has 0 aromatic heterocycles. The molecule has 6 nitrogen and oxygen atoms in total. The van der Waals surface area contributed by atoms with Gasteiger partial charge in [-0.1, -0.05) is 38.5 Å². The molecule has 1 aliphatic rings. The summed E-state index contributed by atoms with van der Waals surface area (Å²) in [5.74, 6) is 0.360. The van der Waals surface area contributed by atoms with Gasteiger partial charge in [0.05, 0.1) is 0 Å². The predicted molar refractivity (Wildman–Crippen MR) is 109 cm³/mol. The highest BCUT2D eigenvalue weighted by molar-refractivity contribution is 7.87. The van der Waals surface area contributed by atoms with Crippen molar-refractivity contribution in [3.05, 3.63) is 54.1 Å². The van der Waals surface area contributed by atoms with E-state index in [1.165, 1.54) is 12.1 Å². The highest BCUT2D eigenvalue weighted by atomic mass is 32.2. The molecule has 28 heavy (non-hydrogen) atoms. The van der Waals surface area contributed by atoms with Gasteiger partial charge in [0.15, 0.2) is 0 Å². The number of urea groups is 1. The Morgan fingerprint density at radius 2 is 1.68 bits per heavy atom. The number of para-hydroxylation sites is 1. The second-order valence-corrected chi connectivity index (χ2v) is 8.36. The Labute approximate surface area is 166 Å². The Bertz CT molecular complexity index is 926. The first kappa shape index (κ1) is 20.2. The zero-order valence-electron chi connectivity index (χ0n) is 16.3. The Morgan fingerprint density at radius 3 is 2.36 bits per heavy atom. The molecule has 1 saturated heterocycles. The summed E-state index contributed by atoms with van der Waals surface area (Å²) in [6.07, 6.45) is 2.55. The van der Waals surface area contributed by atoms with Gasteiger partial charge >= 0.3 is 16.1 Å². The van der Waals surface area contributed by atoms with E-state index < -0.39 is 10.1 Å². The van der Waals surface area contributed by atoms with E-state index in [4.69, 9.17) is 4.18 Å². The average molecular weight is 403 g/mol. The van der Waals surface area contributed by atoms with Gasteiger partial charge in [0, 0.05) is 25.3 Å². The Balaban J connectivity index is 1.77. The zero-order chi connectivity index (χ0) is 20.1. The smallest absolute Gasteiger partial charge is 0.339 e. The summed E-state index contributed by atoms with van der Waals surface area (Å²) in [5, 5.41) is 0. The molecule has 2 aromatic rings. The molecule has 0 atom stereocenters. The maximum absolute atomic E-state index is 12.7. The normalized spacial score (nSPS) is 14.6. The molecular formula is C21H26N2O4S. The maximum Gasteiger partial charge on any atom is 0.339 e. The zero-order valence-corrected chi connectivity index (χ0v) is 17.1. The van der Waals surface area contributed by atoms with Crippen molar-refractivity contribution in [2.45, 2.75) is 38.0 Å². The molecule has 3 rings (SSSR count). The third kappa shape index (κ3) is 4.30.